The van der Waals surface area contributed by atoms with Gasteiger partial charge in [0.2, 0.25) is 5.95 Å². The molecule has 1 amide bonds. The van der Waals surface area contributed by atoms with Crippen LogP contribution in [-0.4, -0.2) is 82.1 Å². The van der Waals surface area contributed by atoms with Crippen LogP contribution in [-0.2, 0) is 4.74 Å². The number of pyridine rings is 1. The first-order valence-electron chi connectivity index (χ1n) is 11.9. The summed E-state index contributed by atoms with van der Waals surface area (Å²) in [6.45, 7) is 5.21. The lowest BCUT2D eigenvalue weighted by molar-refractivity contribution is 0.0361. The molecule has 180 valence electrons. The SMILES string of the molecule is CN(CCCN1CCOCC1)C(=O)c1cc2cc(Nc3nccc(-c4ccccn4)n3)ccc2[nH]1. The number of amides is 1. The van der Waals surface area contributed by atoms with Gasteiger partial charge in [-0.15, -0.1) is 0 Å². The van der Waals surface area contributed by atoms with Crippen LogP contribution >= 0.6 is 0 Å². The van der Waals surface area contributed by atoms with E-state index in [1.165, 1.54) is 0 Å². The molecule has 1 saturated heterocycles. The number of anilines is 2. The van der Waals surface area contributed by atoms with Gasteiger partial charge in [0, 0.05) is 62.2 Å². The molecule has 4 aromatic rings. The zero-order valence-corrected chi connectivity index (χ0v) is 19.8. The van der Waals surface area contributed by atoms with Gasteiger partial charge < -0.3 is 19.9 Å². The van der Waals surface area contributed by atoms with Gasteiger partial charge in [-0.25, -0.2) is 9.97 Å². The maximum absolute atomic E-state index is 13.0. The van der Waals surface area contributed by atoms with Crippen molar-refractivity contribution in [1.29, 1.82) is 0 Å². The van der Waals surface area contributed by atoms with E-state index in [1.807, 2.05) is 55.6 Å². The molecule has 1 aromatic carbocycles. The van der Waals surface area contributed by atoms with Crippen molar-refractivity contribution in [2.75, 3.05) is 51.8 Å². The Bertz CT molecular complexity index is 1290. The van der Waals surface area contributed by atoms with E-state index in [2.05, 4.69) is 30.2 Å². The van der Waals surface area contributed by atoms with E-state index in [0.29, 0.717) is 18.2 Å². The smallest absolute Gasteiger partial charge is 0.270 e. The van der Waals surface area contributed by atoms with E-state index in [0.717, 1.165) is 67.2 Å². The second kappa shape index (κ2) is 10.6. The molecule has 35 heavy (non-hydrogen) atoms. The fraction of sp³-hybridized carbons (Fsp3) is 0.308. The van der Waals surface area contributed by atoms with Crippen LogP contribution in [0.25, 0.3) is 22.3 Å². The average molecular weight is 472 g/mol. The second-order valence-electron chi connectivity index (χ2n) is 8.62. The maximum atomic E-state index is 13.0. The summed E-state index contributed by atoms with van der Waals surface area (Å²) >= 11 is 0. The number of nitrogens with one attached hydrogen (secondary N) is 2. The molecular formula is C26H29N7O2. The number of H-pyrrole nitrogens is 1. The van der Waals surface area contributed by atoms with E-state index < -0.39 is 0 Å². The maximum Gasteiger partial charge on any atom is 0.270 e. The number of nitrogens with zero attached hydrogens (tertiary/aromatic N) is 5. The summed E-state index contributed by atoms with van der Waals surface area (Å²) in [5, 5.41) is 4.20. The minimum absolute atomic E-state index is 0.0101. The molecule has 9 nitrogen and oxygen atoms in total. The summed E-state index contributed by atoms with van der Waals surface area (Å²) in [5.41, 5.74) is 3.86. The van der Waals surface area contributed by atoms with Gasteiger partial charge >= 0.3 is 0 Å². The van der Waals surface area contributed by atoms with Gasteiger partial charge in [-0.1, -0.05) is 6.07 Å². The largest absolute Gasteiger partial charge is 0.379 e. The molecule has 0 unspecified atom stereocenters. The Balaban J connectivity index is 1.23. The number of hydrogen-bond acceptors (Lipinski definition) is 7. The first-order valence-corrected chi connectivity index (χ1v) is 11.9. The number of rotatable bonds is 8. The van der Waals surface area contributed by atoms with Crippen LogP contribution in [0.5, 0.6) is 0 Å². The van der Waals surface area contributed by atoms with E-state index in [-0.39, 0.29) is 5.91 Å². The summed E-state index contributed by atoms with van der Waals surface area (Å²) in [5.74, 6) is 0.475. The number of aromatic amines is 1. The normalized spacial score (nSPS) is 14.2. The lowest BCUT2D eigenvalue weighted by atomic mass is 10.2. The van der Waals surface area contributed by atoms with Gasteiger partial charge in [0.1, 0.15) is 5.69 Å². The molecule has 0 radical (unpaired) electrons. The van der Waals surface area contributed by atoms with E-state index >= 15 is 0 Å². The molecule has 0 saturated carbocycles. The van der Waals surface area contributed by atoms with E-state index in [9.17, 15) is 4.79 Å². The summed E-state index contributed by atoms with van der Waals surface area (Å²) in [6, 6.07) is 15.3. The minimum atomic E-state index is -0.0101. The van der Waals surface area contributed by atoms with Crippen molar-refractivity contribution in [2.24, 2.45) is 0 Å². The third kappa shape index (κ3) is 5.64. The van der Waals surface area contributed by atoms with Crippen LogP contribution in [0.15, 0.2) is 60.9 Å². The Labute approximate surface area is 204 Å². The number of hydrogen-bond donors (Lipinski definition) is 2. The van der Waals surface area contributed by atoms with Crippen LogP contribution < -0.4 is 5.32 Å². The predicted octanol–water partition coefficient (Wildman–Crippen LogP) is 3.56. The minimum Gasteiger partial charge on any atom is -0.379 e. The van der Waals surface area contributed by atoms with Crippen molar-refractivity contribution in [3.05, 3.63) is 66.6 Å². The highest BCUT2D eigenvalue weighted by Crippen LogP contribution is 2.23. The highest BCUT2D eigenvalue weighted by molar-refractivity contribution is 5.98. The molecule has 9 heteroatoms. The fourth-order valence-corrected chi connectivity index (χ4v) is 4.19. The van der Waals surface area contributed by atoms with Gasteiger partial charge in [-0.05, 0) is 48.9 Å². The van der Waals surface area contributed by atoms with Crippen LogP contribution in [0, 0.1) is 0 Å². The topological polar surface area (TPSA) is 99.3 Å². The lowest BCUT2D eigenvalue weighted by Crippen LogP contribution is -2.38. The van der Waals surface area contributed by atoms with Crippen molar-refractivity contribution in [2.45, 2.75) is 6.42 Å². The van der Waals surface area contributed by atoms with Gasteiger partial charge in [0.15, 0.2) is 0 Å². The van der Waals surface area contributed by atoms with Crippen LogP contribution in [0.4, 0.5) is 11.6 Å². The summed E-state index contributed by atoms with van der Waals surface area (Å²) in [6.07, 6.45) is 4.39. The molecule has 1 aliphatic heterocycles. The van der Waals surface area contributed by atoms with Crippen molar-refractivity contribution in [3.8, 4) is 11.4 Å². The van der Waals surface area contributed by atoms with Crippen molar-refractivity contribution in [1.82, 2.24) is 29.7 Å². The average Bonchev–Trinajstić information content (AvgIpc) is 3.33. The third-order valence-corrected chi connectivity index (χ3v) is 6.11. The summed E-state index contributed by atoms with van der Waals surface area (Å²) < 4.78 is 5.39. The van der Waals surface area contributed by atoms with Gasteiger partial charge in [0.05, 0.1) is 24.6 Å². The number of carbonyl (C=O) groups is 1. The second-order valence-corrected chi connectivity index (χ2v) is 8.62. The van der Waals surface area contributed by atoms with Gasteiger partial charge in [-0.3, -0.25) is 14.7 Å². The summed E-state index contributed by atoms with van der Waals surface area (Å²) in [7, 11) is 1.85. The molecule has 5 rings (SSSR count). The van der Waals surface area contributed by atoms with Gasteiger partial charge in [0.25, 0.3) is 5.91 Å². The zero-order valence-electron chi connectivity index (χ0n) is 19.8. The van der Waals surface area contributed by atoms with E-state index in [1.54, 1.807) is 17.3 Å². The Hall–Kier alpha value is -3.82. The van der Waals surface area contributed by atoms with Crippen molar-refractivity contribution in [3.63, 3.8) is 0 Å². The first-order chi connectivity index (χ1) is 17.2. The Morgan fingerprint density at radius 1 is 1.09 bits per heavy atom. The van der Waals surface area contributed by atoms with Crippen LogP contribution in [0.1, 0.15) is 16.9 Å². The zero-order chi connectivity index (χ0) is 24.0. The van der Waals surface area contributed by atoms with Crippen LogP contribution in [0.2, 0.25) is 0 Å². The monoisotopic (exact) mass is 471 g/mol. The molecule has 0 aliphatic carbocycles. The molecule has 0 bridgehead atoms. The molecule has 0 atom stereocenters. The Kier molecular flexibility index (Phi) is 6.97. The number of ether oxygens (including phenoxy) is 1. The quantitative estimate of drug-likeness (QED) is 0.405. The highest BCUT2D eigenvalue weighted by Gasteiger charge is 2.16. The van der Waals surface area contributed by atoms with Crippen LogP contribution in [0.3, 0.4) is 0 Å². The van der Waals surface area contributed by atoms with E-state index in [4.69, 9.17) is 4.74 Å². The lowest BCUT2D eigenvalue weighted by Gasteiger charge is -2.27. The highest BCUT2D eigenvalue weighted by atomic mass is 16.5. The predicted molar refractivity (Wildman–Crippen MR) is 136 cm³/mol. The number of carbonyl (C=O) groups excluding carboxylic acids is 1. The molecule has 2 N–H and O–H groups in total. The molecule has 4 heterocycles. The number of fused-ring (bicyclic) bond motifs is 1. The molecular weight excluding hydrogens is 442 g/mol. The number of morpholine rings is 1. The third-order valence-electron chi connectivity index (χ3n) is 6.11. The molecule has 1 aliphatic rings. The first kappa shape index (κ1) is 22.9. The number of benzene rings is 1. The number of aromatic nitrogens is 4. The molecule has 3 aromatic heterocycles. The Morgan fingerprint density at radius 3 is 2.80 bits per heavy atom. The summed E-state index contributed by atoms with van der Waals surface area (Å²) in [4.78, 5) is 33.6. The molecule has 1 fully saturated rings. The Morgan fingerprint density at radius 2 is 1.97 bits per heavy atom. The van der Waals surface area contributed by atoms with Crippen molar-refractivity contribution >= 4 is 28.4 Å². The standard InChI is InChI=1S/C26H29N7O2/c1-32(11-4-12-33-13-15-35-16-14-33)25(34)24-18-19-17-20(6-7-21(19)30-24)29-26-28-10-8-23(31-26)22-5-2-3-9-27-22/h2-3,5-10,17-18,30H,4,11-16H2,1H3,(H,28,29,31). The fourth-order valence-electron chi connectivity index (χ4n) is 4.19. The van der Waals surface area contributed by atoms with Crippen molar-refractivity contribution < 1.29 is 9.53 Å². The molecule has 0 spiro atoms. The van der Waals surface area contributed by atoms with Gasteiger partial charge in [-0.2, -0.15) is 0 Å².